The average molecular weight is 225 g/mol. The minimum atomic E-state index is -3.53. The van der Waals surface area contributed by atoms with Crippen LogP contribution in [0.3, 0.4) is 0 Å². The predicted octanol–water partition coefficient (Wildman–Crippen LogP) is 0.678. The van der Waals surface area contributed by atoms with Crippen molar-refractivity contribution in [2.24, 2.45) is 10.1 Å². The minimum absolute atomic E-state index is 0.199. The molecule has 1 aromatic rings. The Hall–Kier alpha value is -1.40. The molecule has 80 valence electrons. The molecule has 15 heavy (non-hydrogen) atoms. The lowest BCUT2D eigenvalue weighted by Gasteiger charge is -2.16. The number of nitrogens with one attached hydrogen (secondary N) is 1. The highest BCUT2D eigenvalue weighted by molar-refractivity contribution is 7.90. The van der Waals surface area contributed by atoms with E-state index in [0.29, 0.717) is 18.1 Å². The van der Waals surface area contributed by atoms with Crippen molar-refractivity contribution >= 4 is 21.5 Å². The van der Waals surface area contributed by atoms with Crippen LogP contribution in [0, 0.1) is 0 Å². The summed E-state index contributed by atoms with van der Waals surface area (Å²) >= 11 is 0. The van der Waals surface area contributed by atoms with Crippen molar-refractivity contribution in [2.75, 3.05) is 5.32 Å². The summed E-state index contributed by atoms with van der Waals surface area (Å²) in [5.41, 5.74) is 6.91. The van der Waals surface area contributed by atoms with Gasteiger partial charge in [0.25, 0.3) is 10.0 Å². The number of fused-ring (bicyclic) bond motifs is 1. The van der Waals surface area contributed by atoms with E-state index in [0.717, 1.165) is 5.56 Å². The highest BCUT2D eigenvalue weighted by Gasteiger charge is 2.22. The molecule has 0 fully saturated rings. The molecule has 0 aliphatic carbocycles. The maximum absolute atomic E-state index is 11.6. The molecule has 1 heterocycles. The van der Waals surface area contributed by atoms with Gasteiger partial charge in [-0.15, -0.1) is 4.40 Å². The molecule has 1 aliphatic heterocycles. The third-order valence-corrected chi connectivity index (χ3v) is 3.56. The molecule has 0 amide bonds. The number of nitrogens with zero attached hydrogens (tertiary/aromatic N) is 1. The van der Waals surface area contributed by atoms with Gasteiger partial charge < -0.3 is 11.1 Å². The number of nitrogens with two attached hydrogens (primary N) is 1. The first-order chi connectivity index (χ1) is 7.03. The Morgan fingerprint density at radius 2 is 2.20 bits per heavy atom. The van der Waals surface area contributed by atoms with E-state index in [4.69, 9.17) is 5.73 Å². The van der Waals surface area contributed by atoms with Crippen LogP contribution < -0.4 is 11.1 Å². The maximum atomic E-state index is 11.6. The van der Waals surface area contributed by atoms with Crippen LogP contribution in [-0.4, -0.2) is 14.3 Å². The number of sulfonamides is 1. The number of amidine groups is 1. The fraction of sp³-hybridized carbons (Fsp3) is 0.222. The molecule has 0 radical (unpaired) electrons. The number of hydrogen-bond acceptors (Lipinski definition) is 4. The summed E-state index contributed by atoms with van der Waals surface area (Å²) in [6, 6.07) is 4.94. The van der Waals surface area contributed by atoms with Crippen LogP contribution in [0.2, 0.25) is 0 Å². The first kappa shape index (κ1) is 10.1. The Bertz CT molecular complexity index is 534. The van der Waals surface area contributed by atoms with E-state index in [1.165, 1.54) is 6.07 Å². The van der Waals surface area contributed by atoms with E-state index in [2.05, 4.69) is 9.71 Å². The van der Waals surface area contributed by atoms with Crippen molar-refractivity contribution in [3.05, 3.63) is 23.8 Å². The second kappa shape index (κ2) is 3.32. The normalized spacial score (nSPS) is 17.6. The molecular formula is C9H11N3O2S. The van der Waals surface area contributed by atoms with E-state index in [1.54, 1.807) is 19.1 Å². The summed E-state index contributed by atoms with van der Waals surface area (Å²) in [4.78, 5) is 0.199. The summed E-state index contributed by atoms with van der Waals surface area (Å²) in [5, 5.41) is 2.91. The molecule has 3 N–H and O–H groups in total. The molecule has 0 saturated carbocycles. The van der Waals surface area contributed by atoms with Gasteiger partial charge in [-0.3, -0.25) is 0 Å². The van der Waals surface area contributed by atoms with Gasteiger partial charge in [-0.2, -0.15) is 8.42 Å². The number of benzene rings is 1. The SMILES string of the molecule is CC1=NS(=O)(=O)c2ccc(CN)cc2N1. The largest absolute Gasteiger partial charge is 0.342 e. The Morgan fingerprint density at radius 3 is 2.87 bits per heavy atom. The molecular weight excluding hydrogens is 214 g/mol. The third kappa shape index (κ3) is 1.73. The zero-order valence-electron chi connectivity index (χ0n) is 8.19. The highest BCUT2D eigenvalue weighted by atomic mass is 32.2. The van der Waals surface area contributed by atoms with E-state index in [1.807, 2.05) is 0 Å². The van der Waals surface area contributed by atoms with Gasteiger partial charge >= 0.3 is 0 Å². The van der Waals surface area contributed by atoms with Crippen molar-refractivity contribution in [3.63, 3.8) is 0 Å². The monoisotopic (exact) mass is 225 g/mol. The molecule has 5 nitrogen and oxygen atoms in total. The van der Waals surface area contributed by atoms with Crippen LogP contribution in [0.4, 0.5) is 5.69 Å². The molecule has 0 spiro atoms. The molecule has 2 rings (SSSR count). The summed E-state index contributed by atoms with van der Waals surface area (Å²) < 4.78 is 26.8. The van der Waals surface area contributed by atoms with Crippen molar-refractivity contribution in [2.45, 2.75) is 18.4 Å². The molecule has 0 bridgehead atoms. The first-order valence-electron chi connectivity index (χ1n) is 4.44. The van der Waals surface area contributed by atoms with E-state index in [9.17, 15) is 8.42 Å². The van der Waals surface area contributed by atoms with E-state index in [-0.39, 0.29) is 4.90 Å². The second-order valence-electron chi connectivity index (χ2n) is 3.31. The van der Waals surface area contributed by atoms with Gasteiger partial charge in [0.2, 0.25) is 0 Å². The lowest BCUT2D eigenvalue weighted by molar-refractivity contribution is 0.597. The highest BCUT2D eigenvalue weighted by Crippen LogP contribution is 2.27. The quantitative estimate of drug-likeness (QED) is 0.736. The van der Waals surface area contributed by atoms with Crippen molar-refractivity contribution in [1.82, 2.24) is 0 Å². The zero-order chi connectivity index (χ0) is 11.1. The Morgan fingerprint density at radius 1 is 1.47 bits per heavy atom. The van der Waals surface area contributed by atoms with Gasteiger partial charge in [0, 0.05) is 6.54 Å². The van der Waals surface area contributed by atoms with Crippen LogP contribution in [0.5, 0.6) is 0 Å². The minimum Gasteiger partial charge on any atom is -0.342 e. The van der Waals surface area contributed by atoms with Crippen LogP contribution in [0.25, 0.3) is 0 Å². The molecule has 1 aromatic carbocycles. The van der Waals surface area contributed by atoms with Crippen molar-refractivity contribution in [1.29, 1.82) is 0 Å². The molecule has 0 atom stereocenters. The molecule has 1 aliphatic rings. The summed E-state index contributed by atoms with van der Waals surface area (Å²) in [6.07, 6.45) is 0. The molecule has 0 unspecified atom stereocenters. The standard InChI is InChI=1S/C9H11N3O2S/c1-6-11-8-4-7(5-10)2-3-9(8)15(13,14)12-6/h2-4H,5,10H2,1H3,(H,11,12). The van der Waals surface area contributed by atoms with E-state index >= 15 is 0 Å². The summed E-state index contributed by atoms with van der Waals surface area (Å²) in [5.74, 6) is 0.372. The van der Waals surface area contributed by atoms with Gasteiger partial charge in [-0.1, -0.05) is 6.07 Å². The lowest BCUT2D eigenvalue weighted by Crippen LogP contribution is -2.18. The van der Waals surface area contributed by atoms with Crippen LogP contribution in [0.1, 0.15) is 12.5 Å². The van der Waals surface area contributed by atoms with Gasteiger partial charge in [0.1, 0.15) is 10.7 Å². The van der Waals surface area contributed by atoms with Crippen molar-refractivity contribution < 1.29 is 8.42 Å². The molecule has 0 aromatic heterocycles. The molecule has 6 heteroatoms. The fourth-order valence-corrected chi connectivity index (χ4v) is 2.61. The Kier molecular flexibility index (Phi) is 2.24. The number of rotatable bonds is 1. The van der Waals surface area contributed by atoms with Gasteiger partial charge in [-0.05, 0) is 24.6 Å². The summed E-state index contributed by atoms with van der Waals surface area (Å²) in [7, 11) is -3.53. The fourth-order valence-electron chi connectivity index (χ4n) is 1.47. The number of anilines is 1. The topological polar surface area (TPSA) is 84.5 Å². The van der Waals surface area contributed by atoms with Crippen LogP contribution in [0.15, 0.2) is 27.5 Å². The van der Waals surface area contributed by atoms with Crippen LogP contribution in [-0.2, 0) is 16.6 Å². The first-order valence-corrected chi connectivity index (χ1v) is 5.88. The van der Waals surface area contributed by atoms with Crippen molar-refractivity contribution in [3.8, 4) is 0 Å². The second-order valence-corrected chi connectivity index (χ2v) is 4.88. The molecule has 0 saturated heterocycles. The average Bonchev–Trinajstić information content (AvgIpc) is 2.15. The zero-order valence-corrected chi connectivity index (χ0v) is 9.00. The Balaban J connectivity index is 2.63. The Labute approximate surface area is 88.1 Å². The predicted molar refractivity (Wildman–Crippen MR) is 58.3 cm³/mol. The third-order valence-electron chi connectivity index (χ3n) is 2.13. The van der Waals surface area contributed by atoms with E-state index < -0.39 is 10.0 Å². The lowest BCUT2D eigenvalue weighted by atomic mass is 10.2. The van der Waals surface area contributed by atoms with Gasteiger partial charge in [0.15, 0.2) is 0 Å². The number of hydrogen-bond donors (Lipinski definition) is 2. The van der Waals surface area contributed by atoms with Gasteiger partial charge in [-0.25, -0.2) is 0 Å². The van der Waals surface area contributed by atoms with Crippen LogP contribution >= 0.6 is 0 Å². The summed E-state index contributed by atoms with van der Waals surface area (Å²) in [6.45, 7) is 1.99. The smallest absolute Gasteiger partial charge is 0.286 e. The van der Waals surface area contributed by atoms with Gasteiger partial charge in [0.05, 0.1) is 5.69 Å². The maximum Gasteiger partial charge on any atom is 0.286 e.